The average Bonchev–Trinajstić information content (AvgIpc) is 2.76. The summed E-state index contributed by atoms with van der Waals surface area (Å²) in [5.74, 6) is 0.0161. The van der Waals surface area contributed by atoms with E-state index in [1.165, 1.54) is 20.8 Å². The molecule has 0 aliphatic heterocycles. The second kappa shape index (κ2) is 11.7. The van der Waals surface area contributed by atoms with Crippen LogP contribution < -0.4 is 9.47 Å². The Labute approximate surface area is 195 Å². The number of aliphatic hydroxyl groups excluding tert-OH is 1. The number of aliphatic carboxylic acids is 1. The van der Waals surface area contributed by atoms with Crippen LogP contribution in [-0.4, -0.2) is 46.4 Å². The fourth-order valence-corrected chi connectivity index (χ4v) is 3.30. The number of ether oxygens (including phenoxy) is 2. The molecule has 7 heteroatoms. The van der Waals surface area contributed by atoms with Gasteiger partial charge in [0.2, 0.25) is 0 Å². The molecule has 0 fully saturated rings. The summed E-state index contributed by atoms with van der Waals surface area (Å²) < 4.78 is 11.6. The first kappa shape index (κ1) is 26.2. The summed E-state index contributed by atoms with van der Waals surface area (Å²) in [6.45, 7) is 7.25. The van der Waals surface area contributed by atoms with E-state index < -0.39 is 17.5 Å². The molecular formula is C26H34O7. The number of carbonyl (C=O) groups excluding carboxylic acids is 1. The van der Waals surface area contributed by atoms with Crippen molar-refractivity contribution in [2.24, 2.45) is 5.41 Å². The number of hydrogen-bond acceptors (Lipinski definition) is 6. The van der Waals surface area contributed by atoms with Gasteiger partial charge in [0.15, 0.2) is 5.78 Å². The minimum absolute atomic E-state index is 0.00458. The Morgan fingerprint density at radius 1 is 1.03 bits per heavy atom. The Morgan fingerprint density at radius 2 is 1.67 bits per heavy atom. The molecule has 0 saturated heterocycles. The van der Waals surface area contributed by atoms with E-state index in [1.807, 2.05) is 19.1 Å². The van der Waals surface area contributed by atoms with E-state index in [1.54, 1.807) is 24.3 Å². The van der Waals surface area contributed by atoms with Gasteiger partial charge in [-0.15, -0.1) is 0 Å². The highest BCUT2D eigenvalue weighted by Gasteiger charge is 2.35. The van der Waals surface area contributed by atoms with Crippen molar-refractivity contribution < 1.29 is 34.4 Å². The summed E-state index contributed by atoms with van der Waals surface area (Å²) in [6, 6.07) is 10.5. The maximum atomic E-state index is 11.7. The van der Waals surface area contributed by atoms with Crippen LogP contribution in [0.25, 0.3) is 0 Å². The first-order valence-corrected chi connectivity index (χ1v) is 11.2. The lowest BCUT2D eigenvalue weighted by Crippen LogP contribution is -2.38. The van der Waals surface area contributed by atoms with Gasteiger partial charge in [-0.1, -0.05) is 25.5 Å². The van der Waals surface area contributed by atoms with E-state index in [0.29, 0.717) is 48.7 Å². The standard InChI is InChI=1S/C26H34O7/c1-5-7-21-22(13-12-20(17(2)27)24(21)29)33-15-6-14-32-19-10-8-18(9-11-19)16-23(28)26(3,4)25(30)31/h8-13,23,28-29H,5-7,14-16H2,1-4H3,(H,30,31). The maximum Gasteiger partial charge on any atom is 0.311 e. The molecular weight excluding hydrogens is 424 g/mol. The van der Waals surface area contributed by atoms with Crippen LogP contribution in [0.2, 0.25) is 0 Å². The van der Waals surface area contributed by atoms with Gasteiger partial charge in [0.1, 0.15) is 17.2 Å². The molecule has 0 amide bonds. The van der Waals surface area contributed by atoms with E-state index in [4.69, 9.17) is 9.47 Å². The van der Waals surface area contributed by atoms with E-state index >= 15 is 0 Å². The van der Waals surface area contributed by atoms with Crippen molar-refractivity contribution in [1.82, 2.24) is 0 Å². The van der Waals surface area contributed by atoms with Crippen molar-refractivity contribution in [1.29, 1.82) is 0 Å². The normalized spacial score (nSPS) is 12.3. The Balaban J connectivity index is 1.84. The molecule has 0 heterocycles. The van der Waals surface area contributed by atoms with Crippen LogP contribution in [-0.2, 0) is 17.6 Å². The number of aromatic hydroxyl groups is 1. The Bertz CT molecular complexity index is 948. The van der Waals surface area contributed by atoms with Gasteiger partial charge in [-0.2, -0.15) is 0 Å². The lowest BCUT2D eigenvalue weighted by Gasteiger charge is -2.25. The van der Waals surface area contributed by atoms with Gasteiger partial charge >= 0.3 is 5.97 Å². The number of ketones is 1. The number of aliphatic hydroxyl groups is 1. The summed E-state index contributed by atoms with van der Waals surface area (Å²) in [5.41, 5.74) is 0.548. The van der Waals surface area contributed by atoms with Crippen molar-refractivity contribution in [2.75, 3.05) is 13.2 Å². The van der Waals surface area contributed by atoms with Gasteiger partial charge < -0.3 is 24.8 Å². The third-order valence-electron chi connectivity index (χ3n) is 5.67. The molecule has 0 aliphatic rings. The number of carboxylic acid groups (broad SMARTS) is 1. The summed E-state index contributed by atoms with van der Waals surface area (Å²) in [4.78, 5) is 22.9. The van der Waals surface area contributed by atoms with Crippen LogP contribution >= 0.6 is 0 Å². The average molecular weight is 459 g/mol. The molecule has 2 aromatic carbocycles. The molecule has 2 rings (SSSR count). The van der Waals surface area contributed by atoms with Gasteiger partial charge in [0.05, 0.1) is 30.3 Å². The van der Waals surface area contributed by atoms with Crippen LogP contribution in [0.4, 0.5) is 0 Å². The molecule has 1 atom stereocenters. The Hall–Kier alpha value is -3.06. The molecule has 2 aromatic rings. The first-order chi connectivity index (χ1) is 15.6. The number of benzene rings is 2. The fraction of sp³-hybridized carbons (Fsp3) is 0.462. The minimum atomic E-state index is -1.23. The molecule has 0 spiro atoms. The van der Waals surface area contributed by atoms with Gasteiger partial charge in [-0.3, -0.25) is 9.59 Å². The third kappa shape index (κ3) is 6.96. The van der Waals surface area contributed by atoms with E-state index in [2.05, 4.69) is 0 Å². The summed E-state index contributed by atoms with van der Waals surface area (Å²) >= 11 is 0. The van der Waals surface area contributed by atoms with Crippen LogP contribution in [0.15, 0.2) is 36.4 Å². The lowest BCUT2D eigenvalue weighted by atomic mass is 9.83. The monoisotopic (exact) mass is 458 g/mol. The molecule has 1 unspecified atom stereocenters. The van der Waals surface area contributed by atoms with Gasteiger partial charge in [-0.25, -0.2) is 0 Å². The SMILES string of the molecule is CCCc1c(OCCCOc2ccc(CC(O)C(C)(C)C(=O)O)cc2)ccc(C(C)=O)c1O. The highest BCUT2D eigenvalue weighted by Crippen LogP contribution is 2.33. The Kier molecular flexibility index (Phi) is 9.29. The second-order valence-electron chi connectivity index (χ2n) is 8.69. The van der Waals surface area contributed by atoms with E-state index in [9.17, 15) is 24.9 Å². The second-order valence-corrected chi connectivity index (χ2v) is 8.69. The zero-order valence-corrected chi connectivity index (χ0v) is 19.8. The van der Waals surface area contributed by atoms with Crippen molar-refractivity contribution in [2.45, 2.75) is 59.5 Å². The molecule has 0 saturated carbocycles. The van der Waals surface area contributed by atoms with Crippen molar-refractivity contribution in [3.63, 3.8) is 0 Å². The molecule has 0 radical (unpaired) electrons. The zero-order chi connectivity index (χ0) is 24.6. The van der Waals surface area contributed by atoms with Gasteiger partial charge in [-0.05, 0) is 63.4 Å². The number of phenols is 1. The topological polar surface area (TPSA) is 113 Å². The van der Waals surface area contributed by atoms with Crippen LogP contribution in [0.5, 0.6) is 17.2 Å². The molecule has 33 heavy (non-hydrogen) atoms. The smallest absolute Gasteiger partial charge is 0.311 e. The maximum absolute atomic E-state index is 11.7. The quantitative estimate of drug-likeness (QED) is 0.301. The van der Waals surface area contributed by atoms with Crippen LogP contribution in [0.1, 0.15) is 62.0 Å². The van der Waals surface area contributed by atoms with Crippen molar-refractivity contribution >= 4 is 11.8 Å². The van der Waals surface area contributed by atoms with Crippen LogP contribution in [0.3, 0.4) is 0 Å². The largest absolute Gasteiger partial charge is 0.507 e. The third-order valence-corrected chi connectivity index (χ3v) is 5.67. The van der Waals surface area contributed by atoms with Crippen LogP contribution in [0, 0.1) is 5.41 Å². The molecule has 180 valence electrons. The zero-order valence-electron chi connectivity index (χ0n) is 19.8. The van der Waals surface area contributed by atoms with E-state index in [-0.39, 0.29) is 18.0 Å². The number of hydrogen-bond donors (Lipinski definition) is 3. The minimum Gasteiger partial charge on any atom is -0.507 e. The summed E-state index contributed by atoms with van der Waals surface area (Å²) in [5, 5.41) is 29.8. The molecule has 0 aliphatic carbocycles. The van der Waals surface area contributed by atoms with Gasteiger partial charge in [0.25, 0.3) is 0 Å². The van der Waals surface area contributed by atoms with Crippen molar-refractivity contribution in [3.8, 4) is 17.2 Å². The highest BCUT2D eigenvalue weighted by molar-refractivity contribution is 5.97. The molecule has 3 N–H and O–H groups in total. The summed E-state index contributed by atoms with van der Waals surface area (Å²) in [6.07, 6.45) is 1.29. The number of phenolic OH excluding ortho intramolecular Hbond substituents is 1. The number of rotatable bonds is 13. The molecule has 0 aromatic heterocycles. The molecule has 7 nitrogen and oxygen atoms in total. The number of Topliss-reactive ketones (excluding diaryl/α,β-unsaturated/α-hetero) is 1. The number of carboxylic acids is 1. The predicted molar refractivity (Wildman–Crippen MR) is 125 cm³/mol. The van der Waals surface area contributed by atoms with Crippen molar-refractivity contribution in [3.05, 3.63) is 53.1 Å². The Morgan fingerprint density at radius 3 is 2.24 bits per heavy atom. The lowest BCUT2D eigenvalue weighted by molar-refractivity contribution is -0.153. The summed E-state index contributed by atoms with van der Waals surface area (Å²) in [7, 11) is 0. The van der Waals surface area contributed by atoms with E-state index in [0.717, 1.165) is 12.0 Å². The number of carbonyl (C=O) groups is 2. The fourth-order valence-electron chi connectivity index (χ4n) is 3.30. The highest BCUT2D eigenvalue weighted by atomic mass is 16.5. The molecule has 0 bridgehead atoms. The van der Waals surface area contributed by atoms with Gasteiger partial charge in [0, 0.05) is 12.0 Å². The first-order valence-electron chi connectivity index (χ1n) is 11.2. The predicted octanol–water partition coefficient (Wildman–Crippen LogP) is 4.41.